The molecule has 98 valence electrons. The van der Waals surface area contributed by atoms with Gasteiger partial charge >= 0.3 is 5.97 Å². The Kier molecular flexibility index (Phi) is 4.71. The molecular weight excluding hydrogens is 218 g/mol. The maximum absolute atomic E-state index is 12.2. The van der Waals surface area contributed by atoms with Crippen LogP contribution >= 0.6 is 0 Å². The molecule has 1 fully saturated rings. The highest BCUT2D eigenvalue weighted by Crippen LogP contribution is 2.29. The van der Waals surface area contributed by atoms with E-state index in [1.54, 1.807) is 6.08 Å². The molecule has 4 heteroatoms. The normalized spacial score (nSPS) is 24.6. The van der Waals surface area contributed by atoms with E-state index in [-0.39, 0.29) is 5.97 Å². The minimum Gasteiger partial charge on any atom is -0.459 e. The quantitative estimate of drug-likeness (QED) is 0.450. The molecule has 0 radical (unpaired) electrons. The summed E-state index contributed by atoms with van der Waals surface area (Å²) < 4.78 is 10.9. The summed E-state index contributed by atoms with van der Waals surface area (Å²) in [6.07, 6.45) is 2.45. The SMILES string of the molecule is C=CCOCC1(C(=O)OC(C)(C)C)CCNC1. The van der Waals surface area contributed by atoms with Gasteiger partial charge in [0.2, 0.25) is 0 Å². The van der Waals surface area contributed by atoms with Crippen molar-refractivity contribution in [2.24, 2.45) is 5.41 Å². The van der Waals surface area contributed by atoms with Gasteiger partial charge in [-0.3, -0.25) is 4.79 Å². The number of rotatable bonds is 5. The van der Waals surface area contributed by atoms with E-state index in [1.807, 2.05) is 20.8 Å². The summed E-state index contributed by atoms with van der Waals surface area (Å²) in [5.41, 5.74) is -0.985. The van der Waals surface area contributed by atoms with Crippen molar-refractivity contribution in [3.05, 3.63) is 12.7 Å². The Morgan fingerprint density at radius 3 is 2.71 bits per heavy atom. The highest BCUT2D eigenvalue weighted by molar-refractivity contribution is 5.78. The lowest BCUT2D eigenvalue weighted by atomic mass is 9.88. The minimum atomic E-state index is -0.531. The third-order valence-electron chi connectivity index (χ3n) is 2.69. The zero-order chi connectivity index (χ0) is 12.9. The van der Waals surface area contributed by atoms with E-state index >= 15 is 0 Å². The molecule has 17 heavy (non-hydrogen) atoms. The Labute approximate surface area is 103 Å². The van der Waals surface area contributed by atoms with E-state index in [9.17, 15) is 4.79 Å². The van der Waals surface area contributed by atoms with Crippen LogP contribution in [0.3, 0.4) is 0 Å². The first-order valence-corrected chi connectivity index (χ1v) is 6.02. The summed E-state index contributed by atoms with van der Waals surface area (Å²) in [6.45, 7) is 11.5. The maximum Gasteiger partial charge on any atom is 0.316 e. The predicted octanol–water partition coefficient (Wildman–Crippen LogP) is 1.51. The lowest BCUT2D eigenvalue weighted by Gasteiger charge is -2.30. The lowest BCUT2D eigenvalue weighted by Crippen LogP contribution is -2.42. The van der Waals surface area contributed by atoms with E-state index in [2.05, 4.69) is 11.9 Å². The van der Waals surface area contributed by atoms with Crippen molar-refractivity contribution < 1.29 is 14.3 Å². The second-order valence-electron chi connectivity index (χ2n) is 5.51. The summed E-state index contributed by atoms with van der Waals surface area (Å²) >= 11 is 0. The molecule has 1 unspecified atom stereocenters. The van der Waals surface area contributed by atoms with Gasteiger partial charge in [-0.2, -0.15) is 0 Å². The van der Waals surface area contributed by atoms with Crippen molar-refractivity contribution in [1.82, 2.24) is 5.32 Å². The Morgan fingerprint density at radius 1 is 1.53 bits per heavy atom. The van der Waals surface area contributed by atoms with Gasteiger partial charge in [0.1, 0.15) is 11.0 Å². The van der Waals surface area contributed by atoms with Gasteiger partial charge in [0.15, 0.2) is 0 Å². The van der Waals surface area contributed by atoms with E-state index in [0.717, 1.165) is 13.0 Å². The average Bonchev–Trinajstić information content (AvgIpc) is 2.65. The van der Waals surface area contributed by atoms with Crippen LogP contribution in [0.15, 0.2) is 12.7 Å². The van der Waals surface area contributed by atoms with E-state index in [4.69, 9.17) is 9.47 Å². The minimum absolute atomic E-state index is 0.168. The second kappa shape index (κ2) is 5.65. The third kappa shape index (κ3) is 4.13. The zero-order valence-electron chi connectivity index (χ0n) is 11.0. The highest BCUT2D eigenvalue weighted by atomic mass is 16.6. The molecule has 4 nitrogen and oxygen atoms in total. The molecule has 0 aromatic rings. The zero-order valence-corrected chi connectivity index (χ0v) is 11.0. The molecule has 0 amide bonds. The Morgan fingerprint density at radius 2 is 2.24 bits per heavy atom. The van der Waals surface area contributed by atoms with Crippen LogP contribution in [0.2, 0.25) is 0 Å². The molecule has 1 saturated heterocycles. The van der Waals surface area contributed by atoms with Gasteiger partial charge in [-0.1, -0.05) is 6.08 Å². The highest BCUT2D eigenvalue weighted by Gasteiger charge is 2.44. The molecule has 0 spiro atoms. The van der Waals surface area contributed by atoms with Crippen LogP contribution < -0.4 is 5.32 Å². The number of nitrogens with one attached hydrogen (secondary N) is 1. The molecule has 1 atom stereocenters. The molecule has 1 heterocycles. The lowest BCUT2D eigenvalue weighted by molar-refractivity contribution is -0.170. The summed E-state index contributed by atoms with van der Waals surface area (Å²) in [4.78, 5) is 12.2. The van der Waals surface area contributed by atoms with Crippen LogP contribution in [0.25, 0.3) is 0 Å². The monoisotopic (exact) mass is 241 g/mol. The largest absolute Gasteiger partial charge is 0.459 e. The van der Waals surface area contributed by atoms with Crippen molar-refractivity contribution in [1.29, 1.82) is 0 Å². The summed E-state index contributed by atoms with van der Waals surface area (Å²) in [6, 6.07) is 0. The van der Waals surface area contributed by atoms with Crippen molar-refractivity contribution in [2.75, 3.05) is 26.3 Å². The van der Waals surface area contributed by atoms with Gasteiger partial charge in [-0.25, -0.2) is 0 Å². The molecule has 0 bridgehead atoms. The maximum atomic E-state index is 12.2. The van der Waals surface area contributed by atoms with Gasteiger partial charge in [-0.05, 0) is 33.7 Å². The fourth-order valence-corrected chi connectivity index (χ4v) is 1.82. The first-order valence-electron chi connectivity index (χ1n) is 6.02. The van der Waals surface area contributed by atoms with Crippen molar-refractivity contribution in [3.8, 4) is 0 Å². The fraction of sp³-hybridized carbons (Fsp3) is 0.769. The van der Waals surface area contributed by atoms with Crippen LogP contribution in [-0.4, -0.2) is 37.9 Å². The molecule has 1 N–H and O–H groups in total. The van der Waals surface area contributed by atoms with E-state index in [0.29, 0.717) is 19.8 Å². The smallest absolute Gasteiger partial charge is 0.316 e. The molecule has 1 aliphatic heterocycles. The molecule has 1 rings (SSSR count). The van der Waals surface area contributed by atoms with Crippen molar-refractivity contribution in [3.63, 3.8) is 0 Å². The van der Waals surface area contributed by atoms with Crippen molar-refractivity contribution >= 4 is 5.97 Å². The number of ether oxygens (including phenoxy) is 2. The Hall–Kier alpha value is -0.870. The van der Waals surface area contributed by atoms with Crippen LogP contribution in [0.5, 0.6) is 0 Å². The van der Waals surface area contributed by atoms with Crippen LogP contribution in [-0.2, 0) is 14.3 Å². The van der Waals surface area contributed by atoms with Crippen LogP contribution in [0.1, 0.15) is 27.2 Å². The number of hydrogen-bond donors (Lipinski definition) is 1. The molecule has 0 saturated carbocycles. The third-order valence-corrected chi connectivity index (χ3v) is 2.69. The predicted molar refractivity (Wildman–Crippen MR) is 66.8 cm³/mol. The standard InChI is InChI=1S/C13H23NO3/c1-5-8-16-10-13(6-7-14-9-13)11(15)17-12(2,3)4/h5,14H,1,6-10H2,2-4H3. The van der Waals surface area contributed by atoms with Crippen LogP contribution in [0.4, 0.5) is 0 Å². The van der Waals surface area contributed by atoms with Crippen molar-refractivity contribution in [2.45, 2.75) is 32.8 Å². The summed E-state index contributed by atoms with van der Waals surface area (Å²) in [5, 5.41) is 3.20. The number of carbonyl (C=O) groups is 1. The van der Waals surface area contributed by atoms with E-state index < -0.39 is 11.0 Å². The molecule has 0 aliphatic carbocycles. The average molecular weight is 241 g/mol. The second-order valence-corrected chi connectivity index (χ2v) is 5.51. The topological polar surface area (TPSA) is 47.6 Å². The number of hydrogen-bond acceptors (Lipinski definition) is 4. The fourth-order valence-electron chi connectivity index (χ4n) is 1.82. The van der Waals surface area contributed by atoms with Gasteiger partial charge in [-0.15, -0.1) is 6.58 Å². The summed E-state index contributed by atoms with van der Waals surface area (Å²) in [5.74, 6) is -0.168. The number of esters is 1. The summed E-state index contributed by atoms with van der Waals surface area (Å²) in [7, 11) is 0. The molecule has 1 aliphatic rings. The van der Waals surface area contributed by atoms with Crippen LogP contribution in [0, 0.1) is 5.41 Å². The Bertz CT molecular complexity index is 275. The Balaban J connectivity index is 2.63. The van der Waals surface area contributed by atoms with Gasteiger partial charge in [0.05, 0.1) is 13.2 Å². The first kappa shape index (κ1) is 14.2. The molecule has 0 aromatic heterocycles. The van der Waals surface area contributed by atoms with Gasteiger partial charge in [0, 0.05) is 6.54 Å². The van der Waals surface area contributed by atoms with E-state index in [1.165, 1.54) is 0 Å². The van der Waals surface area contributed by atoms with Gasteiger partial charge in [0.25, 0.3) is 0 Å². The number of carbonyl (C=O) groups excluding carboxylic acids is 1. The molecule has 0 aromatic carbocycles. The molecular formula is C13H23NO3. The van der Waals surface area contributed by atoms with Gasteiger partial charge < -0.3 is 14.8 Å². The first-order chi connectivity index (χ1) is 7.90.